The van der Waals surface area contributed by atoms with E-state index in [0.29, 0.717) is 6.54 Å². The van der Waals surface area contributed by atoms with E-state index in [2.05, 4.69) is 20.9 Å². The maximum atomic E-state index is 12.1. The summed E-state index contributed by atoms with van der Waals surface area (Å²) < 4.78 is 0.976. The van der Waals surface area contributed by atoms with Crippen molar-refractivity contribution in [2.45, 2.75) is 6.42 Å². The van der Waals surface area contributed by atoms with Gasteiger partial charge in [0.15, 0.2) is 0 Å². The lowest BCUT2D eigenvalue weighted by Gasteiger charge is -2.15. The average Bonchev–Trinajstić information content (AvgIpc) is 2.83. The van der Waals surface area contributed by atoms with Crippen LogP contribution >= 0.6 is 27.3 Å². The Kier molecular flexibility index (Phi) is 4.49. The summed E-state index contributed by atoms with van der Waals surface area (Å²) in [6.07, 6.45) is 2.54. The van der Waals surface area contributed by atoms with Crippen LogP contribution in [0.25, 0.3) is 0 Å². The number of nitrogens with zero attached hydrogens (tertiary/aromatic N) is 2. The Balaban J connectivity index is 1.92. The lowest BCUT2D eigenvalue weighted by Crippen LogP contribution is -2.28. The fourth-order valence-corrected chi connectivity index (χ4v) is 2.70. The quantitative estimate of drug-likeness (QED) is 0.865. The first kappa shape index (κ1) is 13.2. The van der Waals surface area contributed by atoms with E-state index in [-0.39, 0.29) is 5.91 Å². The number of thiophene rings is 1. The highest BCUT2D eigenvalue weighted by Gasteiger charge is 2.13. The molecule has 0 aliphatic heterocycles. The molecule has 0 saturated carbocycles. The van der Waals surface area contributed by atoms with E-state index in [1.54, 1.807) is 11.1 Å². The van der Waals surface area contributed by atoms with Gasteiger partial charge in [0.05, 0.1) is 9.35 Å². The number of pyridine rings is 1. The van der Waals surface area contributed by atoms with Gasteiger partial charge in [0, 0.05) is 37.3 Å². The van der Waals surface area contributed by atoms with Gasteiger partial charge in [0.1, 0.15) is 0 Å². The predicted molar refractivity (Wildman–Crippen MR) is 76.9 cm³/mol. The van der Waals surface area contributed by atoms with Crippen LogP contribution in [0.3, 0.4) is 0 Å². The van der Waals surface area contributed by atoms with Gasteiger partial charge in [-0.2, -0.15) is 0 Å². The fourth-order valence-electron chi connectivity index (χ4n) is 1.57. The zero-order valence-corrected chi connectivity index (χ0v) is 12.4. The summed E-state index contributed by atoms with van der Waals surface area (Å²) in [6.45, 7) is 0.670. The van der Waals surface area contributed by atoms with Gasteiger partial charge in [-0.3, -0.25) is 9.78 Å². The molecule has 2 heterocycles. The molecule has 0 bridgehead atoms. The number of halogens is 1. The minimum atomic E-state index is 0.0490. The average molecular weight is 325 g/mol. The minimum absolute atomic E-state index is 0.0490. The summed E-state index contributed by atoms with van der Waals surface area (Å²) in [7, 11) is 1.82. The first-order valence-electron chi connectivity index (χ1n) is 5.56. The zero-order chi connectivity index (χ0) is 13.0. The molecule has 0 saturated heterocycles. The number of hydrogen-bond donors (Lipinski definition) is 0. The Morgan fingerprint density at radius 2 is 2.33 bits per heavy atom. The number of carbonyl (C=O) groups excluding carboxylic acids is 1. The number of rotatable bonds is 4. The summed E-state index contributed by atoms with van der Waals surface area (Å²) in [5.74, 6) is 0.0490. The van der Waals surface area contributed by atoms with Crippen LogP contribution in [0.1, 0.15) is 16.1 Å². The molecular weight excluding hydrogens is 312 g/mol. The van der Waals surface area contributed by atoms with E-state index in [0.717, 1.165) is 21.5 Å². The normalized spacial score (nSPS) is 10.3. The topological polar surface area (TPSA) is 33.2 Å². The number of hydrogen-bond acceptors (Lipinski definition) is 3. The van der Waals surface area contributed by atoms with E-state index < -0.39 is 0 Å². The highest BCUT2D eigenvalue weighted by atomic mass is 79.9. The molecule has 18 heavy (non-hydrogen) atoms. The summed E-state index contributed by atoms with van der Waals surface area (Å²) >= 11 is 4.88. The third-order valence-corrected chi connectivity index (χ3v) is 4.10. The van der Waals surface area contributed by atoms with E-state index >= 15 is 0 Å². The first-order chi connectivity index (χ1) is 8.66. The molecule has 5 heteroatoms. The van der Waals surface area contributed by atoms with Crippen molar-refractivity contribution in [1.29, 1.82) is 0 Å². The van der Waals surface area contributed by atoms with E-state index in [4.69, 9.17) is 0 Å². The van der Waals surface area contributed by atoms with Gasteiger partial charge in [0.2, 0.25) is 0 Å². The largest absolute Gasteiger partial charge is 0.341 e. The molecule has 0 unspecified atom stereocenters. The van der Waals surface area contributed by atoms with E-state index in [1.807, 2.05) is 36.7 Å². The monoisotopic (exact) mass is 324 g/mol. The molecule has 2 rings (SSSR count). The maximum Gasteiger partial charge on any atom is 0.254 e. The number of aromatic nitrogens is 1. The van der Waals surface area contributed by atoms with Crippen LogP contribution in [0.5, 0.6) is 0 Å². The van der Waals surface area contributed by atoms with Crippen LogP contribution in [0.15, 0.2) is 39.6 Å². The summed E-state index contributed by atoms with van der Waals surface area (Å²) in [5, 5.41) is 1.86. The molecule has 0 aliphatic rings. The summed E-state index contributed by atoms with van der Waals surface area (Å²) in [6, 6.07) is 7.67. The van der Waals surface area contributed by atoms with Crippen molar-refractivity contribution in [3.8, 4) is 0 Å². The van der Waals surface area contributed by atoms with Crippen molar-refractivity contribution in [2.75, 3.05) is 13.6 Å². The maximum absolute atomic E-state index is 12.1. The molecule has 0 fully saturated rings. The van der Waals surface area contributed by atoms with Crippen molar-refractivity contribution in [3.05, 3.63) is 50.9 Å². The molecular formula is C13H13BrN2OS. The molecule has 1 amide bonds. The second-order valence-corrected chi connectivity index (χ2v) is 6.23. The lowest BCUT2D eigenvalue weighted by atomic mass is 10.2. The van der Waals surface area contributed by atoms with Crippen LogP contribution in [-0.4, -0.2) is 29.4 Å². The van der Waals surface area contributed by atoms with Crippen molar-refractivity contribution in [3.63, 3.8) is 0 Å². The highest BCUT2D eigenvalue weighted by Crippen LogP contribution is 2.21. The minimum Gasteiger partial charge on any atom is -0.341 e. The highest BCUT2D eigenvalue weighted by molar-refractivity contribution is 9.11. The predicted octanol–water partition coefficient (Wildman–Crippen LogP) is 3.22. The van der Waals surface area contributed by atoms with Crippen molar-refractivity contribution >= 4 is 33.2 Å². The molecule has 0 spiro atoms. The third-order valence-electron chi connectivity index (χ3n) is 2.59. The van der Waals surface area contributed by atoms with Gasteiger partial charge < -0.3 is 4.90 Å². The number of carbonyl (C=O) groups is 1. The SMILES string of the molecule is CN(CCc1ccccn1)C(=O)c1csc(Br)c1. The Morgan fingerprint density at radius 3 is 2.94 bits per heavy atom. The molecule has 0 N–H and O–H groups in total. The van der Waals surface area contributed by atoms with Crippen LogP contribution in [-0.2, 0) is 6.42 Å². The Bertz CT molecular complexity index is 527. The molecule has 0 radical (unpaired) electrons. The van der Waals surface area contributed by atoms with E-state index in [1.165, 1.54) is 11.3 Å². The molecule has 2 aromatic heterocycles. The zero-order valence-electron chi connectivity index (χ0n) is 9.97. The lowest BCUT2D eigenvalue weighted by molar-refractivity contribution is 0.0797. The Morgan fingerprint density at radius 1 is 1.50 bits per heavy atom. The van der Waals surface area contributed by atoms with Crippen molar-refractivity contribution in [2.24, 2.45) is 0 Å². The smallest absolute Gasteiger partial charge is 0.254 e. The molecule has 2 aromatic rings. The van der Waals surface area contributed by atoms with Crippen LogP contribution in [0.2, 0.25) is 0 Å². The van der Waals surface area contributed by atoms with Gasteiger partial charge in [-0.15, -0.1) is 11.3 Å². The standard InChI is InChI=1S/C13H13BrN2OS/c1-16(7-5-11-4-2-3-6-15-11)13(17)10-8-12(14)18-9-10/h2-4,6,8-9H,5,7H2,1H3. The first-order valence-corrected chi connectivity index (χ1v) is 7.23. The fraction of sp³-hybridized carbons (Fsp3) is 0.231. The molecule has 3 nitrogen and oxygen atoms in total. The molecule has 0 aromatic carbocycles. The van der Waals surface area contributed by atoms with E-state index in [9.17, 15) is 4.79 Å². The van der Waals surface area contributed by atoms with Crippen LogP contribution in [0, 0.1) is 0 Å². The Labute approximate surface area is 119 Å². The molecule has 94 valence electrons. The number of likely N-dealkylation sites (N-methyl/N-ethyl adjacent to an activating group) is 1. The van der Waals surface area contributed by atoms with Gasteiger partial charge in [-0.05, 0) is 34.1 Å². The van der Waals surface area contributed by atoms with Crippen LogP contribution in [0.4, 0.5) is 0 Å². The second kappa shape index (κ2) is 6.11. The molecule has 0 aliphatic carbocycles. The van der Waals surface area contributed by atoms with Gasteiger partial charge in [0.25, 0.3) is 5.91 Å². The van der Waals surface area contributed by atoms with Crippen molar-refractivity contribution in [1.82, 2.24) is 9.88 Å². The van der Waals surface area contributed by atoms with Gasteiger partial charge in [-0.25, -0.2) is 0 Å². The van der Waals surface area contributed by atoms with Crippen LogP contribution < -0.4 is 0 Å². The second-order valence-electron chi connectivity index (χ2n) is 3.94. The summed E-state index contributed by atoms with van der Waals surface area (Å²) in [4.78, 5) is 18.0. The van der Waals surface area contributed by atoms with Gasteiger partial charge >= 0.3 is 0 Å². The summed E-state index contributed by atoms with van der Waals surface area (Å²) in [5.41, 5.74) is 1.74. The number of amides is 1. The molecule has 0 atom stereocenters. The van der Waals surface area contributed by atoms with Gasteiger partial charge in [-0.1, -0.05) is 6.07 Å². The third kappa shape index (κ3) is 3.40. The van der Waals surface area contributed by atoms with Crippen molar-refractivity contribution < 1.29 is 4.79 Å². The Hall–Kier alpha value is -1.20.